The lowest BCUT2D eigenvalue weighted by Gasteiger charge is -2.11. The molecule has 0 aromatic heterocycles. The summed E-state index contributed by atoms with van der Waals surface area (Å²) in [5.74, 6) is 0.180. The summed E-state index contributed by atoms with van der Waals surface area (Å²) < 4.78 is 0. The summed E-state index contributed by atoms with van der Waals surface area (Å²) in [4.78, 5) is 12.7. The van der Waals surface area contributed by atoms with E-state index in [9.17, 15) is 9.90 Å². The fourth-order valence-electron chi connectivity index (χ4n) is 2.25. The highest BCUT2D eigenvalue weighted by atomic mass is 35.5. The van der Waals surface area contributed by atoms with E-state index >= 15 is 0 Å². The maximum Gasteiger partial charge on any atom is 0.252 e. The van der Waals surface area contributed by atoms with E-state index in [2.05, 4.69) is 17.9 Å². The first-order chi connectivity index (χ1) is 8.56. The first-order valence-corrected chi connectivity index (χ1v) is 6.83. The monoisotopic (exact) mass is 285 g/mol. The van der Waals surface area contributed by atoms with Gasteiger partial charge in [0.15, 0.2) is 0 Å². The van der Waals surface area contributed by atoms with Crippen LogP contribution in [0.5, 0.6) is 0 Å². The minimum atomic E-state index is -0.212. The fraction of sp³-hybridized carbons (Fsp3) is 0.462. The van der Waals surface area contributed by atoms with Crippen molar-refractivity contribution in [1.29, 1.82) is 0 Å². The Hall–Kier alpha value is -0.710. The predicted octanol–water partition coefficient (Wildman–Crippen LogP) is 2.52. The Bertz CT molecular complexity index is 453. The summed E-state index contributed by atoms with van der Waals surface area (Å²) in [6, 6.07) is 5.07. The molecule has 1 aliphatic carbocycles. The topological polar surface area (TPSA) is 49.3 Å². The van der Waals surface area contributed by atoms with E-state index in [4.69, 9.17) is 11.6 Å². The van der Waals surface area contributed by atoms with Crippen LogP contribution in [-0.4, -0.2) is 23.7 Å². The molecule has 3 nitrogen and oxygen atoms in total. The normalized spacial score (nSPS) is 23.1. The van der Waals surface area contributed by atoms with Gasteiger partial charge in [-0.15, -0.1) is 12.6 Å². The van der Waals surface area contributed by atoms with E-state index < -0.39 is 0 Å². The molecule has 18 heavy (non-hydrogen) atoms. The molecule has 5 heteroatoms. The van der Waals surface area contributed by atoms with Crippen LogP contribution >= 0.6 is 24.2 Å². The van der Waals surface area contributed by atoms with Crippen molar-refractivity contribution in [3.63, 3.8) is 0 Å². The Balaban J connectivity index is 1.93. The van der Waals surface area contributed by atoms with Gasteiger partial charge in [0.1, 0.15) is 0 Å². The van der Waals surface area contributed by atoms with Crippen LogP contribution in [0.3, 0.4) is 0 Å². The van der Waals surface area contributed by atoms with Crippen LogP contribution in [-0.2, 0) is 0 Å². The minimum Gasteiger partial charge on any atom is -0.393 e. The van der Waals surface area contributed by atoms with Crippen LogP contribution in [0.1, 0.15) is 29.6 Å². The molecule has 1 aliphatic rings. The van der Waals surface area contributed by atoms with Gasteiger partial charge in [-0.2, -0.15) is 0 Å². The number of hydrogen-bond acceptors (Lipinski definition) is 3. The van der Waals surface area contributed by atoms with E-state index in [1.807, 2.05) is 0 Å². The number of rotatable bonds is 3. The number of hydrogen-bond donors (Lipinski definition) is 3. The standard InChI is InChI=1S/C13H16ClNO2S/c14-12-4-3-10(18)6-11(12)13(17)15-7-8-1-2-9(16)5-8/h3-4,6,8-9,16,18H,1-2,5,7H2,(H,15,17). The lowest BCUT2D eigenvalue weighted by Crippen LogP contribution is -2.28. The van der Waals surface area contributed by atoms with Crippen molar-refractivity contribution in [2.24, 2.45) is 5.92 Å². The Morgan fingerprint density at radius 3 is 2.94 bits per heavy atom. The molecule has 1 fully saturated rings. The second kappa shape index (κ2) is 5.95. The molecule has 2 N–H and O–H groups in total. The van der Waals surface area contributed by atoms with Gasteiger partial charge in [0.25, 0.3) is 5.91 Å². The number of carbonyl (C=O) groups is 1. The van der Waals surface area contributed by atoms with Crippen LogP contribution in [0.4, 0.5) is 0 Å². The molecule has 2 unspecified atom stereocenters. The largest absolute Gasteiger partial charge is 0.393 e. The van der Waals surface area contributed by atoms with Crippen LogP contribution in [0.25, 0.3) is 0 Å². The summed E-state index contributed by atoms with van der Waals surface area (Å²) >= 11 is 10.2. The summed E-state index contributed by atoms with van der Waals surface area (Å²) in [5.41, 5.74) is 0.447. The summed E-state index contributed by atoms with van der Waals surface area (Å²) in [7, 11) is 0. The van der Waals surface area contributed by atoms with Gasteiger partial charge in [-0.3, -0.25) is 4.79 Å². The van der Waals surface area contributed by atoms with Crippen LogP contribution < -0.4 is 5.32 Å². The summed E-state index contributed by atoms with van der Waals surface area (Å²) in [6.45, 7) is 0.586. The van der Waals surface area contributed by atoms with Gasteiger partial charge in [-0.25, -0.2) is 0 Å². The van der Waals surface area contributed by atoms with Gasteiger partial charge in [0, 0.05) is 11.4 Å². The number of thiol groups is 1. The zero-order chi connectivity index (χ0) is 13.1. The van der Waals surface area contributed by atoms with E-state index in [1.54, 1.807) is 18.2 Å². The SMILES string of the molecule is O=C(NCC1CCC(O)C1)c1cc(S)ccc1Cl. The molecule has 1 amide bonds. The Labute approximate surface area is 117 Å². The second-order valence-corrected chi connectivity index (χ2v) is 5.63. The molecule has 1 aromatic rings. The van der Waals surface area contributed by atoms with E-state index in [1.165, 1.54) is 0 Å². The van der Waals surface area contributed by atoms with Crippen LogP contribution in [0, 0.1) is 5.92 Å². The summed E-state index contributed by atoms with van der Waals surface area (Å²) in [5, 5.41) is 12.7. The van der Waals surface area contributed by atoms with Gasteiger partial charge in [-0.1, -0.05) is 11.6 Å². The lowest BCUT2D eigenvalue weighted by molar-refractivity contribution is 0.0945. The number of aliphatic hydroxyl groups excluding tert-OH is 1. The Morgan fingerprint density at radius 2 is 2.28 bits per heavy atom. The molecule has 2 rings (SSSR count). The highest BCUT2D eigenvalue weighted by molar-refractivity contribution is 7.80. The van der Waals surface area contributed by atoms with Crippen molar-refractivity contribution in [1.82, 2.24) is 5.32 Å². The number of benzene rings is 1. The second-order valence-electron chi connectivity index (χ2n) is 4.71. The molecule has 0 aliphatic heterocycles. The molecule has 0 radical (unpaired) electrons. The van der Waals surface area contributed by atoms with Crippen molar-refractivity contribution in [3.8, 4) is 0 Å². The van der Waals surface area contributed by atoms with E-state index in [0.29, 0.717) is 27.9 Å². The maximum atomic E-state index is 12.0. The van der Waals surface area contributed by atoms with Gasteiger partial charge < -0.3 is 10.4 Å². The highest BCUT2D eigenvalue weighted by Gasteiger charge is 2.23. The molecule has 1 aromatic carbocycles. The minimum absolute atomic E-state index is 0.183. The predicted molar refractivity (Wildman–Crippen MR) is 74.4 cm³/mol. The first-order valence-electron chi connectivity index (χ1n) is 6.01. The van der Waals surface area contributed by atoms with Crippen molar-refractivity contribution < 1.29 is 9.90 Å². The molecule has 0 bridgehead atoms. The van der Waals surface area contributed by atoms with Crippen molar-refractivity contribution >= 4 is 30.1 Å². The van der Waals surface area contributed by atoms with Crippen molar-refractivity contribution in [3.05, 3.63) is 28.8 Å². The number of aliphatic hydroxyl groups is 1. The van der Waals surface area contributed by atoms with Gasteiger partial charge in [0.05, 0.1) is 16.7 Å². The Morgan fingerprint density at radius 1 is 1.50 bits per heavy atom. The Kier molecular flexibility index (Phi) is 4.54. The van der Waals surface area contributed by atoms with Gasteiger partial charge in [-0.05, 0) is 43.4 Å². The molecule has 0 saturated heterocycles. The smallest absolute Gasteiger partial charge is 0.252 e. The maximum absolute atomic E-state index is 12.0. The fourth-order valence-corrected chi connectivity index (χ4v) is 2.66. The molecule has 98 valence electrons. The number of amides is 1. The number of carbonyl (C=O) groups excluding carboxylic acids is 1. The molecular formula is C13H16ClNO2S. The van der Waals surface area contributed by atoms with Crippen molar-refractivity contribution in [2.75, 3.05) is 6.54 Å². The average molecular weight is 286 g/mol. The third kappa shape index (κ3) is 3.40. The number of halogens is 1. The molecular weight excluding hydrogens is 270 g/mol. The van der Waals surface area contributed by atoms with Gasteiger partial charge >= 0.3 is 0 Å². The quantitative estimate of drug-likeness (QED) is 0.748. The molecule has 2 atom stereocenters. The first kappa shape index (κ1) is 13.7. The molecule has 0 heterocycles. The van der Waals surface area contributed by atoms with Crippen LogP contribution in [0.15, 0.2) is 23.1 Å². The van der Waals surface area contributed by atoms with Gasteiger partial charge in [0.2, 0.25) is 0 Å². The third-order valence-corrected chi connectivity index (χ3v) is 3.87. The average Bonchev–Trinajstić information content (AvgIpc) is 2.75. The van der Waals surface area contributed by atoms with Crippen molar-refractivity contribution in [2.45, 2.75) is 30.3 Å². The zero-order valence-electron chi connectivity index (χ0n) is 9.90. The zero-order valence-corrected chi connectivity index (χ0v) is 11.5. The third-order valence-electron chi connectivity index (χ3n) is 3.26. The number of nitrogens with one attached hydrogen (secondary N) is 1. The van der Waals surface area contributed by atoms with E-state index in [-0.39, 0.29) is 12.0 Å². The van der Waals surface area contributed by atoms with Crippen LogP contribution in [0.2, 0.25) is 5.02 Å². The van der Waals surface area contributed by atoms with E-state index in [0.717, 1.165) is 19.3 Å². The molecule has 0 spiro atoms. The lowest BCUT2D eigenvalue weighted by atomic mass is 10.1. The summed E-state index contributed by atoms with van der Waals surface area (Å²) in [6.07, 6.45) is 2.34. The highest BCUT2D eigenvalue weighted by Crippen LogP contribution is 2.25. The molecule has 1 saturated carbocycles.